The number of ether oxygens (including phenoxy) is 1. The Morgan fingerprint density at radius 1 is 1.04 bits per heavy atom. The SMILES string of the molecule is CC(=O)O.Cc1cn(C(CC(=O)O)NC(=O)OCc2ccccc2)c(=O)nc1N1CCC(CNc2nc3ccccc3[nH]2)CC1. The number of carboxylic acids is 2. The minimum atomic E-state index is -1.18. The van der Waals surface area contributed by atoms with E-state index in [9.17, 15) is 19.5 Å². The van der Waals surface area contributed by atoms with E-state index >= 15 is 0 Å². The van der Waals surface area contributed by atoms with E-state index in [2.05, 4.69) is 30.5 Å². The molecule has 0 bridgehead atoms. The summed E-state index contributed by atoms with van der Waals surface area (Å²) in [5.74, 6) is -0.254. The Bertz CT molecular complexity index is 1630. The number of carbonyl (C=O) groups is 3. The van der Waals surface area contributed by atoms with Gasteiger partial charge in [-0.05, 0) is 43.4 Å². The monoisotopic (exact) mass is 619 g/mol. The number of benzene rings is 2. The predicted molar refractivity (Wildman–Crippen MR) is 167 cm³/mol. The minimum Gasteiger partial charge on any atom is -0.481 e. The number of hydrogen-bond acceptors (Lipinski definition) is 9. The van der Waals surface area contributed by atoms with Crippen LogP contribution in [0.5, 0.6) is 0 Å². The molecule has 0 saturated carbocycles. The van der Waals surface area contributed by atoms with E-state index in [0.717, 1.165) is 66.5 Å². The van der Waals surface area contributed by atoms with Crippen LogP contribution < -0.4 is 21.2 Å². The fraction of sp³-hybridized carbons (Fsp3) is 0.355. The minimum absolute atomic E-state index is 0.0152. The first kappa shape index (κ1) is 32.5. The molecular formula is C31H37N7O7. The number of para-hydroxylation sites is 2. The number of rotatable bonds is 10. The first-order chi connectivity index (χ1) is 21.6. The zero-order valence-electron chi connectivity index (χ0n) is 25.1. The number of H-pyrrole nitrogens is 1. The van der Waals surface area contributed by atoms with E-state index in [4.69, 9.17) is 14.6 Å². The molecule has 0 aliphatic carbocycles. The van der Waals surface area contributed by atoms with Crippen molar-refractivity contribution in [3.8, 4) is 0 Å². The number of anilines is 2. The number of aliphatic carboxylic acids is 2. The molecule has 1 saturated heterocycles. The number of nitrogens with zero attached hydrogens (tertiary/aromatic N) is 4. The third-order valence-electron chi connectivity index (χ3n) is 7.17. The quantitative estimate of drug-likeness (QED) is 0.174. The standard InChI is InChI=1S/C29H33N7O5.C2H4O2/c1-19-17-36(24(15-25(37)38)33-29(40)41-18-21-7-3-2-4-8-21)28(39)34-26(19)35-13-11-20(12-14-35)16-30-27-31-22-9-5-6-10-23(22)32-27;1-2(3)4/h2-10,17,20,24H,11-16,18H2,1H3,(H,33,40)(H,37,38)(H2,30,31,32);1H3,(H,3,4). The van der Waals surface area contributed by atoms with Crippen molar-refractivity contribution in [2.24, 2.45) is 5.92 Å². The molecule has 3 heterocycles. The summed E-state index contributed by atoms with van der Waals surface area (Å²) >= 11 is 0. The Hall–Kier alpha value is -5.40. The topological polar surface area (TPSA) is 192 Å². The maximum atomic E-state index is 13.0. The number of amides is 1. The lowest BCUT2D eigenvalue weighted by atomic mass is 9.96. The lowest BCUT2D eigenvalue weighted by Crippen LogP contribution is -2.42. The molecular weight excluding hydrogens is 582 g/mol. The number of fused-ring (bicyclic) bond motifs is 1. The molecule has 45 heavy (non-hydrogen) atoms. The maximum absolute atomic E-state index is 13.0. The smallest absolute Gasteiger partial charge is 0.409 e. The van der Waals surface area contributed by atoms with Gasteiger partial charge in [-0.1, -0.05) is 42.5 Å². The number of piperidine rings is 1. The summed E-state index contributed by atoms with van der Waals surface area (Å²) in [6.07, 6.45) is 0.877. The molecule has 1 atom stereocenters. The molecule has 0 radical (unpaired) electrons. The van der Waals surface area contributed by atoms with Crippen LogP contribution in [0, 0.1) is 12.8 Å². The van der Waals surface area contributed by atoms with Crippen molar-refractivity contribution >= 4 is 40.8 Å². The summed E-state index contributed by atoms with van der Waals surface area (Å²) in [7, 11) is 0. The van der Waals surface area contributed by atoms with Gasteiger partial charge in [0.2, 0.25) is 5.95 Å². The van der Waals surface area contributed by atoms with Gasteiger partial charge in [-0.2, -0.15) is 4.98 Å². The number of hydrogen-bond donors (Lipinski definition) is 5. The number of imidazole rings is 1. The Morgan fingerprint density at radius 3 is 2.38 bits per heavy atom. The van der Waals surface area contributed by atoms with Crippen molar-refractivity contribution in [3.05, 3.63) is 82.4 Å². The van der Waals surface area contributed by atoms with Gasteiger partial charge in [0.25, 0.3) is 5.97 Å². The average molecular weight is 620 g/mol. The number of alkyl carbamates (subject to hydrolysis) is 1. The van der Waals surface area contributed by atoms with Gasteiger partial charge in [0.05, 0.1) is 17.5 Å². The molecule has 1 unspecified atom stereocenters. The van der Waals surface area contributed by atoms with E-state index in [-0.39, 0.29) is 6.61 Å². The normalized spacial score (nSPS) is 13.8. The van der Waals surface area contributed by atoms with Crippen molar-refractivity contribution in [2.75, 3.05) is 29.9 Å². The summed E-state index contributed by atoms with van der Waals surface area (Å²) in [6, 6.07) is 17.0. The summed E-state index contributed by atoms with van der Waals surface area (Å²) in [5, 5.41) is 22.7. The van der Waals surface area contributed by atoms with Crippen LogP contribution in [0.4, 0.5) is 16.6 Å². The highest BCUT2D eigenvalue weighted by Crippen LogP contribution is 2.25. The second-order valence-corrected chi connectivity index (χ2v) is 10.7. The number of aromatic amines is 1. The fourth-order valence-corrected chi connectivity index (χ4v) is 5.01. The van der Waals surface area contributed by atoms with Crippen LogP contribution in [0.2, 0.25) is 0 Å². The zero-order chi connectivity index (χ0) is 32.3. The van der Waals surface area contributed by atoms with Gasteiger partial charge in [0.15, 0.2) is 0 Å². The number of nitrogens with one attached hydrogen (secondary N) is 3. The second-order valence-electron chi connectivity index (χ2n) is 10.7. The molecule has 238 valence electrons. The van der Waals surface area contributed by atoms with Gasteiger partial charge in [0.1, 0.15) is 18.6 Å². The lowest BCUT2D eigenvalue weighted by Gasteiger charge is -2.33. The second kappa shape index (κ2) is 15.4. The molecule has 5 N–H and O–H groups in total. The molecule has 4 aromatic rings. The van der Waals surface area contributed by atoms with E-state index in [0.29, 0.717) is 17.3 Å². The zero-order valence-corrected chi connectivity index (χ0v) is 25.1. The van der Waals surface area contributed by atoms with Crippen molar-refractivity contribution in [2.45, 2.75) is 45.9 Å². The van der Waals surface area contributed by atoms with E-state index in [1.165, 1.54) is 0 Å². The number of carbonyl (C=O) groups excluding carboxylic acids is 1. The van der Waals surface area contributed by atoms with Crippen LogP contribution >= 0.6 is 0 Å². The molecule has 1 amide bonds. The summed E-state index contributed by atoms with van der Waals surface area (Å²) < 4.78 is 6.37. The molecule has 2 aromatic heterocycles. The van der Waals surface area contributed by atoms with E-state index < -0.39 is 36.3 Å². The largest absolute Gasteiger partial charge is 0.481 e. The number of aryl methyl sites for hydroxylation is 1. The molecule has 0 spiro atoms. The third-order valence-corrected chi connectivity index (χ3v) is 7.17. The maximum Gasteiger partial charge on any atom is 0.409 e. The predicted octanol–water partition coefficient (Wildman–Crippen LogP) is 3.75. The highest BCUT2D eigenvalue weighted by molar-refractivity contribution is 5.77. The molecule has 1 aliphatic heterocycles. The first-order valence-corrected chi connectivity index (χ1v) is 14.5. The van der Waals surface area contributed by atoms with Crippen LogP contribution in [-0.2, 0) is 20.9 Å². The van der Waals surface area contributed by atoms with Gasteiger partial charge < -0.3 is 35.5 Å². The number of carboxylic acid groups (broad SMARTS) is 2. The summed E-state index contributed by atoms with van der Waals surface area (Å²) in [5.41, 5.74) is 2.76. The highest BCUT2D eigenvalue weighted by Gasteiger charge is 2.25. The van der Waals surface area contributed by atoms with Crippen LogP contribution in [0.1, 0.15) is 43.5 Å². The molecule has 5 rings (SSSR count). The average Bonchev–Trinajstić information content (AvgIpc) is 3.43. The van der Waals surface area contributed by atoms with Crippen molar-refractivity contribution in [3.63, 3.8) is 0 Å². The molecule has 14 nitrogen and oxygen atoms in total. The van der Waals surface area contributed by atoms with Crippen LogP contribution in [0.15, 0.2) is 65.6 Å². The molecule has 1 aliphatic rings. The Labute approximate surface area is 259 Å². The Balaban J connectivity index is 0.00000109. The van der Waals surface area contributed by atoms with Crippen molar-refractivity contribution in [1.29, 1.82) is 0 Å². The van der Waals surface area contributed by atoms with Gasteiger partial charge in [-0.15, -0.1) is 0 Å². The van der Waals surface area contributed by atoms with Gasteiger partial charge in [0, 0.05) is 38.3 Å². The Morgan fingerprint density at radius 2 is 1.71 bits per heavy atom. The van der Waals surface area contributed by atoms with Crippen molar-refractivity contribution in [1.82, 2.24) is 24.8 Å². The molecule has 1 fully saturated rings. The summed E-state index contributed by atoms with van der Waals surface area (Å²) in [6.45, 7) is 5.16. The lowest BCUT2D eigenvalue weighted by molar-refractivity contribution is -0.138. The summed E-state index contributed by atoms with van der Waals surface area (Å²) in [4.78, 5) is 60.2. The Kier molecular flexibility index (Phi) is 11.1. The number of aromatic nitrogens is 4. The highest BCUT2D eigenvalue weighted by atomic mass is 16.5. The van der Waals surface area contributed by atoms with Gasteiger partial charge in [-0.3, -0.25) is 14.2 Å². The van der Waals surface area contributed by atoms with Gasteiger partial charge >= 0.3 is 17.8 Å². The third kappa shape index (κ3) is 9.55. The molecule has 2 aromatic carbocycles. The first-order valence-electron chi connectivity index (χ1n) is 14.5. The van der Waals surface area contributed by atoms with Crippen LogP contribution in [0.3, 0.4) is 0 Å². The van der Waals surface area contributed by atoms with Crippen molar-refractivity contribution < 1.29 is 29.3 Å². The van der Waals surface area contributed by atoms with Crippen LogP contribution in [-0.4, -0.2) is 67.4 Å². The van der Waals surface area contributed by atoms with Crippen LogP contribution in [0.25, 0.3) is 11.0 Å². The van der Waals surface area contributed by atoms with Gasteiger partial charge in [-0.25, -0.2) is 14.6 Å². The molecule has 14 heteroatoms. The fourth-order valence-electron chi connectivity index (χ4n) is 5.01. The van der Waals surface area contributed by atoms with E-state index in [1.54, 1.807) is 18.3 Å². The van der Waals surface area contributed by atoms with E-state index in [1.807, 2.05) is 49.4 Å².